The largest absolute Gasteiger partial charge is 0.364 e. The van der Waals surface area contributed by atoms with E-state index in [0.717, 1.165) is 0 Å². The van der Waals surface area contributed by atoms with Gasteiger partial charge in [-0.3, -0.25) is 4.79 Å². The van der Waals surface area contributed by atoms with Crippen molar-refractivity contribution in [3.8, 4) is 11.4 Å². The quantitative estimate of drug-likeness (QED) is 0.680. The average molecular weight is 423 g/mol. The molecule has 1 aliphatic rings. The van der Waals surface area contributed by atoms with Crippen molar-refractivity contribution in [1.82, 2.24) is 24.1 Å². The summed E-state index contributed by atoms with van der Waals surface area (Å²) in [5.74, 6) is -1.17. The second kappa shape index (κ2) is 7.36. The first kappa shape index (κ1) is 19.2. The van der Waals surface area contributed by atoms with Gasteiger partial charge < -0.3 is 10.3 Å². The second-order valence-corrected chi connectivity index (χ2v) is 6.81. The molecule has 0 radical (unpaired) electrons. The number of allylic oxidation sites excluding steroid dienone is 4. The summed E-state index contributed by atoms with van der Waals surface area (Å²) in [6.07, 6.45) is 1.75. The Bertz CT molecular complexity index is 1180. The first-order valence-electron chi connectivity index (χ1n) is 8.58. The standard InChI is InChI=1S/C18H14ClF3N6O/c19-10-5-9(1-2-11(10)20)16-17(27(8-25-16)7-14(21)22)12-3-4-15-24-6-13(18(23)29)28(15)26-12/h3-6,8,14H,1-2,7H2,(H2,23,29). The summed E-state index contributed by atoms with van der Waals surface area (Å²) in [6, 6.07) is 3.16. The number of rotatable bonds is 5. The highest BCUT2D eigenvalue weighted by Crippen LogP contribution is 2.36. The molecule has 7 nitrogen and oxygen atoms in total. The Labute approximate surface area is 167 Å². The van der Waals surface area contributed by atoms with E-state index >= 15 is 0 Å². The van der Waals surface area contributed by atoms with Gasteiger partial charge in [0.2, 0.25) is 0 Å². The number of nitrogens with two attached hydrogens (primary N) is 1. The molecule has 0 spiro atoms. The molecule has 0 aliphatic heterocycles. The smallest absolute Gasteiger partial charge is 0.269 e. The minimum absolute atomic E-state index is 0.0466. The Morgan fingerprint density at radius 3 is 2.76 bits per heavy atom. The molecule has 150 valence electrons. The zero-order valence-electron chi connectivity index (χ0n) is 14.8. The van der Waals surface area contributed by atoms with Crippen LogP contribution in [-0.2, 0) is 6.54 Å². The van der Waals surface area contributed by atoms with Crippen molar-refractivity contribution in [3.63, 3.8) is 0 Å². The minimum Gasteiger partial charge on any atom is -0.364 e. The zero-order valence-corrected chi connectivity index (χ0v) is 15.6. The zero-order chi connectivity index (χ0) is 20.7. The second-order valence-electron chi connectivity index (χ2n) is 6.40. The summed E-state index contributed by atoms with van der Waals surface area (Å²) in [4.78, 5) is 19.9. The van der Waals surface area contributed by atoms with Crippen molar-refractivity contribution in [2.75, 3.05) is 0 Å². The molecule has 0 atom stereocenters. The van der Waals surface area contributed by atoms with Crippen LogP contribution in [0.4, 0.5) is 13.2 Å². The van der Waals surface area contributed by atoms with Crippen molar-refractivity contribution in [2.24, 2.45) is 5.73 Å². The number of fused-ring (bicyclic) bond motifs is 1. The third-order valence-electron chi connectivity index (χ3n) is 4.51. The summed E-state index contributed by atoms with van der Waals surface area (Å²) in [5, 5.41) is 4.31. The molecule has 1 amide bonds. The van der Waals surface area contributed by atoms with Crippen LogP contribution in [0.5, 0.6) is 0 Å². The predicted octanol–water partition coefficient (Wildman–Crippen LogP) is 3.55. The van der Waals surface area contributed by atoms with E-state index in [1.807, 2.05) is 0 Å². The van der Waals surface area contributed by atoms with Crippen molar-refractivity contribution in [3.05, 3.63) is 53.0 Å². The third-order valence-corrected chi connectivity index (χ3v) is 4.82. The number of primary amides is 1. The molecule has 29 heavy (non-hydrogen) atoms. The molecule has 0 fully saturated rings. The molecule has 0 saturated carbocycles. The monoisotopic (exact) mass is 422 g/mol. The van der Waals surface area contributed by atoms with Crippen molar-refractivity contribution in [2.45, 2.75) is 25.8 Å². The Morgan fingerprint density at radius 2 is 2.07 bits per heavy atom. The first-order chi connectivity index (χ1) is 13.8. The van der Waals surface area contributed by atoms with Crippen LogP contribution >= 0.6 is 11.6 Å². The number of carbonyl (C=O) groups excluding carboxylic acids is 1. The number of hydrogen-bond acceptors (Lipinski definition) is 4. The number of carbonyl (C=O) groups is 1. The van der Waals surface area contributed by atoms with Crippen LogP contribution in [0.2, 0.25) is 0 Å². The molecule has 0 unspecified atom stereocenters. The third kappa shape index (κ3) is 3.51. The van der Waals surface area contributed by atoms with Gasteiger partial charge in [0.1, 0.15) is 17.2 Å². The van der Waals surface area contributed by atoms with Crippen molar-refractivity contribution < 1.29 is 18.0 Å². The van der Waals surface area contributed by atoms with E-state index in [2.05, 4.69) is 15.1 Å². The molecule has 1 aliphatic carbocycles. The van der Waals surface area contributed by atoms with Gasteiger partial charge in [0.05, 0.1) is 35.5 Å². The fourth-order valence-corrected chi connectivity index (χ4v) is 3.42. The summed E-state index contributed by atoms with van der Waals surface area (Å²) in [6.45, 7) is -0.611. The van der Waals surface area contributed by atoms with Crippen LogP contribution in [0.25, 0.3) is 22.6 Å². The SMILES string of the molecule is NC(=O)c1cnc2ccc(-c3c(C4=CC(Cl)=C(F)CC4)ncn3CC(F)F)nn12. The van der Waals surface area contributed by atoms with E-state index in [9.17, 15) is 18.0 Å². The number of nitrogens with zero attached hydrogens (tertiary/aromatic N) is 5. The average Bonchev–Trinajstić information content (AvgIpc) is 3.27. The molecular formula is C18H14ClF3N6O. The lowest BCUT2D eigenvalue weighted by molar-refractivity contribution is 0.0993. The first-order valence-corrected chi connectivity index (χ1v) is 8.96. The normalized spacial score (nSPS) is 14.7. The molecule has 0 bridgehead atoms. The number of halogens is 4. The number of alkyl halides is 2. The van der Waals surface area contributed by atoms with E-state index in [0.29, 0.717) is 29.0 Å². The van der Waals surface area contributed by atoms with Crippen LogP contribution in [0.1, 0.15) is 29.0 Å². The summed E-state index contributed by atoms with van der Waals surface area (Å²) >= 11 is 5.91. The van der Waals surface area contributed by atoms with Gasteiger partial charge in [-0.05, 0) is 30.2 Å². The van der Waals surface area contributed by atoms with Gasteiger partial charge in [-0.1, -0.05) is 11.6 Å². The van der Waals surface area contributed by atoms with Gasteiger partial charge in [-0.15, -0.1) is 0 Å². The Kier molecular flexibility index (Phi) is 4.87. The van der Waals surface area contributed by atoms with E-state index in [4.69, 9.17) is 17.3 Å². The fraction of sp³-hybridized carbons (Fsp3) is 0.222. The summed E-state index contributed by atoms with van der Waals surface area (Å²) in [5.41, 5.74) is 7.30. The molecule has 3 aromatic rings. The van der Waals surface area contributed by atoms with E-state index < -0.39 is 24.7 Å². The molecule has 3 aromatic heterocycles. The van der Waals surface area contributed by atoms with Crippen molar-refractivity contribution >= 4 is 28.7 Å². The maximum Gasteiger partial charge on any atom is 0.269 e. The fourth-order valence-electron chi connectivity index (χ4n) is 3.19. The molecule has 3 heterocycles. The van der Waals surface area contributed by atoms with Crippen LogP contribution in [0.15, 0.2) is 41.6 Å². The molecule has 11 heteroatoms. The van der Waals surface area contributed by atoms with Gasteiger partial charge in [0, 0.05) is 6.42 Å². The van der Waals surface area contributed by atoms with Gasteiger partial charge in [0.25, 0.3) is 12.3 Å². The van der Waals surface area contributed by atoms with Gasteiger partial charge >= 0.3 is 0 Å². The van der Waals surface area contributed by atoms with E-state index in [1.165, 1.54) is 27.7 Å². The number of amides is 1. The number of imidazole rings is 2. The molecular weight excluding hydrogens is 409 g/mol. The maximum atomic E-state index is 13.6. The van der Waals surface area contributed by atoms with E-state index in [-0.39, 0.29) is 22.8 Å². The number of aromatic nitrogens is 5. The van der Waals surface area contributed by atoms with Gasteiger partial charge in [-0.25, -0.2) is 27.7 Å². The topological polar surface area (TPSA) is 91.1 Å². The molecule has 0 saturated heterocycles. The Morgan fingerprint density at radius 1 is 1.28 bits per heavy atom. The summed E-state index contributed by atoms with van der Waals surface area (Å²) < 4.78 is 42.4. The highest BCUT2D eigenvalue weighted by atomic mass is 35.5. The van der Waals surface area contributed by atoms with E-state index in [1.54, 1.807) is 12.1 Å². The Hall–Kier alpha value is -3.14. The minimum atomic E-state index is -2.63. The predicted molar refractivity (Wildman–Crippen MR) is 99.9 cm³/mol. The highest BCUT2D eigenvalue weighted by Gasteiger charge is 2.23. The Balaban J connectivity index is 1.91. The summed E-state index contributed by atoms with van der Waals surface area (Å²) in [7, 11) is 0. The number of hydrogen-bond donors (Lipinski definition) is 1. The highest BCUT2D eigenvalue weighted by molar-refractivity contribution is 6.32. The molecule has 4 rings (SSSR count). The van der Waals surface area contributed by atoms with Gasteiger partial charge in [-0.2, -0.15) is 5.10 Å². The van der Waals surface area contributed by atoms with Gasteiger partial charge in [0.15, 0.2) is 5.65 Å². The maximum absolute atomic E-state index is 13.6. The molecule has 0 aromatic carbocycles. The van der Waals surface area contributed by atoms with Crippen LogP contribution < -0.4 is 5.73 Å². The lowest BCUT2D eigenvalue weighted by atomic mass is 9.99. The lowest BCUT2D eigenvalue weighted by Crippen LogP contribution is -2.15. The van der Waals surface area contributed by atoms with Crippen molar-refractivity contribution in [1.29, 1.82) is 0 Å². The van der Waals surface area contributed by atoms with Crippen LogP contribution in [-0.4, -0.2) is 36.5 Å². The van der Waals surface area contributed by atoms with Crippen LogP contribution in [0.3, 0.4) is 0 Å². The van der Waals surface area contributed by atoms with Crippen LogP contribution in [0, 0.1) is 0 Å². The lowest BCUT2D eigenvalue weighted by Gasteiger charge is -2.14. The molecule has 2 N–H and O–H groups in total.